The molecule has 192 valence electrons. The van der Waals surface area contributed by atoms with E-state index in [1.807, 2.05) is 0 Å². The average molecular weight is 511 g/mol. The number of benzene rings is 1. The summed E-state index contributed by atoms with van der Waals surface area (Å²) in [6.45, 7) is 1.13. The lowest BCUT2D eigenvalue weighted by atomic mass is 10.1. The largest absolute Gasteiger partial charge is 0.486 e. The standard InChI is InChI=1S/C24H32F2N4O4S/c25-19-15-20(26)17-21(16-19)28-24(31)23-22(18-27)29-9-11-30(12-10-29)35(32,33)14-8-6-4-2-1-3-5-7-13-34-23/h8,14-18,27H,1-7,9-13H2,(H,28,31)/b14-8+,23-22-,27-18?. The summed E-state index contributed by atoms with van der Waals surface area (Å²) in [4.78, 5) is 14.8. The molecule has 0 spiro atoms. The van der Waals surface area contributed by atoms with E-state index in [1.54, 1.807) is 11.0 Å². The summed E-state index contributed by atoms with van der Waals surface area (Å²) in [6.07, 6.45) is 8.94. The van der Waals surface area contributed by atoms with Gasteiger partial charge in [0, 0.05) is 49.6 Å². The molecule has 0 unspecified atom stereocenters. The number of nitrogens with one attached hydrogen (secondary N) is 2. The summed E-state index contributed by atoms with van der Waals surface area (Å²) >= 11 is 0. The van der Waals surface area contributed by atoms with Crippen LogP contribution in [0.3, 0.4) is 0 Å². The van der Waals surface area contributed by atoms with Crippen LogP contribution in [0.4, 0.5) is 14.5 Å². The molecule has 0 atom stereocenters. The topological polar surface area (TPSA) is 103 Å². The smallest absolute Gasteiger partial charge is 0.293 e. The second-order valence-electron chi connectivity index (χ2n) is 8.53. The second-order valence-corrected chi connectivity index (χ2v) is 10.4. The Hall–Kier alpha value is -2.79. The van der Waals surface area contributed by atoms with E-state index in [9.17, 15) is 22.0 Å². The van der Waals surface area contributed by atoms with Crippen LogP contribution in [0.15, 0.2) is 41.1 Å². The minimum Gasteiger partial charge on any atom is -0.486 e. The average Bonchev–Trinajstić information content (AvgIpc) is 2.80. The Morgan fingerprint density at radius 1 is 0.971 bits per heavy atom. The van der Waals surface area contributed by atoms with E-state index in [4.69, 9.17) is 10.1 Å². The molecule has 1 fully saturated rings. The van der Waals surface area contributed by atoms with Crippen LogP contribution >= 0.6 is 0 Å². The fraction of sp³-hybridized carbons (Fsp3) is 0.500. The van der Waals surface area contributed by atoms with E-state index in [1.165, 1.54) is 9.71 Å². The van der Waals surface area contributed by atoms with Crippen LogP contribution < -0.4 is 5.32 Å². The minimum atomic E-state index is -3.55. The van der Waals surface area contributed by atoms with Gasteiger partial charge >= 0.3 is 0 Å². The van der Waals surface area contributed by atoms with Crippen LogP contribution in [0.1, 0.15) is 44.9 Å². The number of piperazine rings is 1. The van der Waals surface area contributed by atoms with E-state index in [0.717, 1.165) is 56.9 Å². The summed E-state index contributed by atoms with van der Waals surface area (Å²) in [5.74, 6) is -2.54. The normalized spacial score (nSPS) is 23.5. The van der Waals surface area contributed by atoms with Gasteiger partial charge in [0.05, 0.1) is 6.61 Å². The van der Waals surface area contributed by atoms with Gasteiger partial charge in [0.1, 0.15) is 17.3 Å². The zero-order chi connectivity index (χ0) is 25.3. The van der Waals surface area contributed by atoms with Crippen molar-refractivity contribution in [2.75, 3.05) is 38.1 Å². The van der Waals surface area contributed by atoms with Gasteiger partial charge in [0.2, 0.25) is 15.8 Å². The highest BCUT2D eigenvalue weighted by molar-refractivity contribution is 7.92. The van der Waals surface area contributed by atoms with Crippen molar-refractivity contribution in [3.63, 3.8) is 0 Å². The predicted molar refractivity (Wildman–Crippen MR) is 130 cm³/mol. The fourth-order valence-corrected chi connectivity index (χ4v) is 5.30. The molecule has 0 saturated carbocycles. The molecule has 4 rings (SSSR count). The Bertz CT molecular complexity index is 1050. The molecule has 1 amide bonds. The van der Waals surface area contributed by atoms with E-state index in [0.29, 0.717) is 12.5 Å². The van der Waals surface area contributed by atoms with Gasteiger partial charge in [-0.25, -0.2) is 17.2 Å². The van der Waals surface area contributed by atoms with Gasteiger partial charge in [0.25, 0.3) is 5.91 Å². The summed E-state index contributed by atoms with van der Waals surface area (Å²) < 4.78 is 59.7. The lowest BCUT2D eigenvalue weighted by Gasteiger charge is -2.35. The molecule has 11 heteroatoms. The Balaban J connectivity index is 1.85. The summed E-state index contributed by atoms with van der Waals surface area (Å²) in [5, 5.41) is 11.7. The summed E-state index contributed by atoms with van der Waals surface area (Å²) in [5.41, 5.74) is 0.114. The van der Waals surface area contributed by atoms with Crippen LogP contribution in [-0.2, 0) is 19.6 Å². The third-order valence-corrected chi connectivity index (χ3v) is 7.54. The van der Waals surface area contributed by atoms with E-state index >= 15 is 0 Å². The maximum absolute atomic E-state index is 13.6. The van der Waals surface area contributed by atoms with Crippen molar-refractivity contribution < 1.29 is 26.7 Å². The van der Waals surface area contributed by atoms with Gasteiger partial charge in [-0.15, -0.1) is 0 Å². The van der Waals surface area contributed by atoms with Crippen LogP contribution in [0, 0.1) is 17.0 Å². The molecular weight excluding hydrogens is 478 g/mol. The van der Waals surface area contributed by atoms with E-state index < -0.39 is 27.6 Å². The Morgan fingerprint density at radius 3 is 2.26 bits per heavy atom. The molecule has 3 heterocycles. The Kier molecular flexibility index (Phi) is 9.79. The SMILES string of the molecule is N=C/C1=C(\C(=O)Nc2cc(F)cc(F)c2)OCCCCCCCC/C=C/S(=O)(=O)N2CCN1CC2. The van der Waals surface area contributed by atoms with Crippen molar-refractivity contribution in [2.24, 2.45) is 0 Å². The highest BCUT2D eigenvalue weighted by Gasteiger charge is 2.29. The molecule has 2 bridgehead atoms. The lowest BCUT2D eigenvalue weighted by Crippen LogP contribution is -2.48. The van der Waals surface area contributed by atoms with Crippen molar-refractivity contribution >= 4 is 27.8 Å². The molecule has 0 radical (unpaired) electrons. The number of ether oxygens (including phenoxy) is 1. The van der Waals surface area contributed by atoms with Gasteiger partial charge < -0.3 is 20.4 Å². The molecule has 3 aliphatic rings. The number of fused-ring (bicyclic) bond motifs is 13. The number of nitrogens with zero attached hydrogens (tertiary/aromatic N) is 2. The number of carbonyl (C=O) groups excluding carboxylic acids is 1. The number of carbonyl (C=O) groups is 1. The van der Waals surface area contributed by atoms with Gasteiger partial charge in [-0.3, -0.25) is 4.79 Å². The number of rotatable bonds is 3. The summed E-state index contributed by atoms with van der Waals surface area (Å²) in [7, 11) is -3.55. The van der Waals surface area contributed by atoms with Crippen molar-refractivity contribution in [3.05, 3.63) is 52.8 Å². The maximum atomic E-state index is 13.6. The second kappa shape index (κ2) is 12.8. The molecule has 8 nitrogen and oxygen atoms in total. The maximum Gasteiger partial charge on any atom is 0.293 e. The van der Waals surface area contributed by atoms with Crippen LogP contribution in [-0.4, -0.2) is 62.5 Å². The Labute approximate surface area is 205 Å². The van der Waals surface area contributed by atoms with E-state index in [-0.39, 0.29) is 49.9 Å². The minimum absolute atomic E-state index is 0.0740. The molecule has 1 saturated heterocycles. The third kappa shape index (κ3) is 7.86. The lowest BCUT2D eigenvalue weighted by molar-refractivity contribution is -0.116. The monoisotopic (exact) mass is 510 g/mol. The number of amides is 1. The van der Waals surface area contributed by atoms with Crippen molar-refractivity contribution in [3.8, 4) is 0 Å². The molecule has 0 aromatic heterocycles. The predicted octanol–water partition coefficient (Wildman–Crippen LogP) is 3.99. The number of halogens is 2. The molecular formula is C24H32F2N4O4S. The van der Waals surface area contributed by atoms with Gasteiger partial charge in [-0.1, -0.05) is 31.8 Å². The highest BCUT2D eigenvalue weighted by atomic mass is 32.2. The number of anilines is 1. The first kappa shape index (κ1) is 26.8. The van der Waals surface area contributed by atoms with Crippen LogP contribution in [0.5, 0.6) is 0 Å². The molecule has 2 N–H and O–H groups in total. The Morgan fingerprint density at radius 2 is 1.60 bits per heavy atom. The summed E-state index contributed by atoms with van der Waals surface area (Å²) in [6, 6.07) is 2.68. The molecule has 3 aliphatic heterocycles. The highest BCUT2D eigenvalue weighted by Crippen LogP contribution is 2.20. The van der Waals surface area contributed by atoms with Gasteiger partial charge in [-0.05, 0) is 31.4 Å². The van der Waals surface area contributed by atoms with Crippen molar-refractivity contribution in [1.29, 1.82) is 5.41 Å². The third-order valence-electron chi connectivity index (χ3n) is 5.91. The first-order valence-corrected chi connectivity index (χ1v) is 13.4. The van der Waals surface area contributed by atoms with Gasteiger partial charge in [0.15, 0.2) is 0 Å². The number of hydrogen-bond donors (Lipinski definition) is 2. The zero-order valence-corrected chi connectivity index (χ0v) is 20.5. The van der Waals surface area contributed by atoms with E-state index in [2.05, 4.69) is 5.32 Å². The van der Waals surface area contributed by atoms with Crippen LogP contribution in [0.25, 0.3) is 0 Å². The number of allylic oxidation sites excluding steroid dienone is 2. The molecule has 1 aromatic rings. The van der Waals surface area contributed by atoms with Crippen LogP contribution in [0.2, 0.25) is 0 Å². The quantitative estimate of drug-likeness (QED) is 0.599. The molecule has 35 heavy (non-hydrogen) atoms. The fourth-order valence-electron chi connectivity index (χ4n) is 4.07. The first-order chi connectivity index (χ1) is 16.8. The molecule has 0 aliphatic carbocycles. The number of hydrogen-bond acceptors (Lipinski definition) is 6. The first-order valence-electron chi connectivity index (χ1n) is 11.9. The molecule has 1 aromatic carbocycles. The van der Waals surface area contributed by atoms with Crippen molar-refractivity contribution in [2.45, 2.75) is 44.9 Å². The van der Waals surface area contributed by atoms with Gasteiger partial charge in [-0.2, -0.15) is 4.31 Å². The van der Waals surface area contributed by atoms with Crippen molar-refractivity contribution in [1.82, 2.24) is 9.21 Å². The number of sulfonamides is 1. The zero-order valence-electron chi connectivity index (χ0n) is 19.6.